The zero-order valence-electron chi connectivity index (χ0n) is 21.1. The Morgan fingerprint density at radius 2 is 0.897 bits per heavy atom. The summed E-state index contributed by atoms with van der Waals surface area (Å²) >= 11 is 0. The first kappa shape index (κ1) is 22.9. The number of ether oxygens (including phenoxy) is 3. The van der Waals surface area contributed by atoms with Gasteiger partial charge in [0, 0.05) is 10.8 Å². The fourth-order valence-corrected chi connectivity index (χ4v) is 4.91. The van der Waals surface area contributed by atoms with Crippen LogP contribution >= 0.6 is 0 Å². The molecule has 0 aliphatic carbocycles. The summed E-state index contributed by atoms with van der Waals surface area (Å²) in [5.41, 5.74) is 0. The fraction of sp³-hybridized carbons (Fsp3) is 0. The van der Waals surface area contributed by atoms with E-state index in [0.717, 1.165) is 38.1 Å². The van der Waals surface area contributed by atoms with Gasteiger partial charge in [-0.15, -0.1) is 0 Å². The zero-order valence-corrected chi connectivity index (χ0v) is 21.1. The molecule has 0 aromatic heterocycles. The van der Waals surface area contributed by atoms with E-state index in [-0.39, 0.29) is 0 Å². The van der Waals surface area contributed by atoms with Crippen molar-refractivity contribution in [1.29, 1.82) is 0 Å². The lowest BCUT2D eigenvalue weighted by Crippen LogP contribution is -1.97. The minimum atomic E-state index is 0.515. The smallest absolute Gasteiger partial charge is 0.213 e. The molecule has 0 amide bonds. The molecule has 7 aromatic rings. The van der Waals surface area contributed by atoms with Crippen molar-refractivity contribution < 1.29 is 14.2 Å². The summed E-state index contributed by atoms with van der Waals surface area (Å²) in [5.74, 6) is 3.84. The second-order valence-corrected chi connectivity index (χ2v) is 9.36. The zero-order chi connectivity index (χ0) is 26.0. The lowest BCUT2D eigenvalue weighted by Gasteiger charge is -2.20. The summed E-state index contributed by atoms with van der Waals surface area (Å²) < 4.78 is 19.9. The third kappa shape index (κ3) is 4.51. The molecule has 0 spiro atoms. The van der Waals surface area contributed by atoms with Gasteiger partial charge >= 0.3 is 0 Å². The monoisotopic (exact) mass is 504 g/mol. The molecule has 0 atom stereocenters. The Labute approximate surface area is 226 Å². The van der Waals surface area contributed by atoms with Crippen LogP contribution in [0.5, 0.6) is 34.5 Å². The van der Waals surface area contributed by atoms with Gasteiger partial charge < -0.3 is 14.2 Å². The minimum absolute atomic E-state index is 0.515. The van der Waals surface area contributed by atoms with Gasteiger partial charge in [-0.1, -0.05) is 97.1 Å². The van der Waals surface area contributed by atoms with Crippen molar-refractivity contribution >= 4 is 32.3 Å². The molecule has 7 aromatic carbocycles. The first-order valence-electron chi connectivity index (χ1n) is 12.9. The molecule has 0 aliphatic heterocycles. The number of para-hydroxylation sites is 2. The van der Waals surface area contributed by atoms with Crippen molar-refractivity contribution in [3.8, 4) is 34.5 Å². The van der Waals surface area contributed by atoms with Crippen molar-refractivity contribution in [1.82, 2.24) is 0 Å². The highest BCUT2D eigenvalue weighted by molar-refractivity contribution is 6.03. The summed E-state index contributed by atoms with van der Waals surface area (Å²) in [6.07, 6.45) is 0. The van der Waals surface area contributed by atoms with E-state index in [0.29, 0.717) is 28.7 Å². The van der Waals surface area contributed by atoms with Gasteiger partial charge in [-0.05, 0) is 70.1 Å². The molecule has 0 aliphatic rings. The van der Waals surface area contributed by atoms with Crippen LogP contribution < -0.4 is 14.2 Å². The van der Waals surface area contributed by atoms with Gasteiger partial charge in [-0.2, -0.15) is 0 Å². The molecule has 0 saturated heterocycles. The Balaban J connectivity index is 1.51. The Hall–Kier alpha value is -5.28. The number of hydrogen-bond acceptors (Lipinski definition) is 3. The summed E-state index contributed by atoms with van der Waals surface area (Å²) in [4.78, 5) is 0. The molecule has 3 heteroatoms. The maximum absolute atomic E-state index is 6.83. The first-order chi connectivity index (χ1) is 19.3. The lowest BCUT2D eigenvalue weighted by molar-refractivity contribution is 0.390. The highest BCUT2D eigenvalue weighted by atomic mass is 16.5. The maximum Gasteiger partial charge on any atom is 0.213 e. The van der Waals surface area contributed by atoms with E-state index in [1.807, 2.05) is 97.1 Å². The molecule has 0 saturated carbocycles. The maximum atomic E-state index is 6.83. The summed E-state index contributed by atoms with van der Waals surface area (Å²) in [6, 6.07) is 48.5. The first-order valence-corrected chi connectivity index (χ1v) is 12.9. The van der Waals surface area contributed by atoms with Crippen molar-refractivity contribution in [3.05, 3.63) is 146 Å². The standard InChI is InChI=1S/C36H24O3/c1-3-16-29(17-4-1)37-34-24-28-22-26-13-7-8-14-27(26)23-32(28)35(36(34)38-30-18-5-2-6-19-30)39-33-21-11-15-25-12-9-10-20-31(25)33/h1-24H. The molecule has 3 nitrogen and oxygen atoms in total. The number of hydrogen-bond donors (Lipinski definition) is 0. The molecule has 0 bridgehead atoms. The van der Waals surface area contributed by atoms with Crippen LogP contribution in [0.2, 0.25) is 0 Å². The van der Waals surface area contributed by atoms with Crippen molar-refractivity contribution in [2.75, 3.05) is 0 Å². The molecule has 0 N–H and O–H groups in total. The van der Waals surface area contributed by atoms with Gasteiger partial charge in [0.05, 0.1) is 0 Å². The molecule has 0 unspecified atom stereocenters. The molecule has 0 fully saturated rings. The third-order valence-electron chi connectivity index (χ3n) is 6.77. The molecule has 186 valence electrons. The van der Waals surface area contributed by atoms with Crippen LogP contribution in [0, 0.1) is 0 Å². The SMILES string of the molecule is c1ccc(Oc2cc3cc4ccccc4cc3c(Oc3cccc4ccccc34)c2Oc2ccccc2)cc1. The highest BCUT2D eigenvalue weighted by Gasteiger charge is 2.21. The van der Waals surface area contributed by atoms with Gasteiger partial charge in [-0.25, -0.2) is 0 Å². The van der Waals surface area contributed by atoms with Crippen LogP contribution in [0.3, 0.4) is 0 Å². The summed E-state index contributed by atoms with van der Waals surface area (Å²) in [7, 11) is 0. The van der Waals surface area contributed by atoms with E-state index >= 15 is 0 Å². The predicted molar refractivity (Wildman–Crippen MR) is 159 cm³/mol. The number of benzene rings is 7. The molecular weight excluding hydrogens is 480 g/mol. The van der Waals surface area contributed by atoms with E-state index in [1.165, 1.54) is 0 Å². The molecular formula is C36H24O3. The van der Waals surface area contributed by atoms with Crippen LogP contribution in [0.15, 0.2) is 146 Å². The summed E-state index contributed by atoms with van der Waals surface area (Å²) in [5, 5.41) is 6.32. The van der Waals surface area contributed by atoms with Crippen LogP contribution in [-0.4, -0.2) is 0 Å². The third-order valence-corrected chi connectivity index (χ3v) is 6.77. The highest BCUT2D eigenvalue weighted by Crippen LogP contribution is 2.50. The van der Waals surface area contributed by atoms with E-state index in [2.05, 4.69) is 48.5 Å². The van der Waals surface area contributed by atoms with Crippen molar-refractivity contribution in [2.24, 2.45) is 0 Å². The number of fused-ring (bicyclic) bond motifs is 3. The Morgan fingerprint density at radius 3 is 1.64 bits per heavy atom. The van der Waals surface area contributed by atoms with Crippen LogP contribution in [0.1, 0.15) is 0 Å². The molecule has 39 heavy (non-hydrogen) atoms. The van der Waals surface area contributed by atoms with E-state index < -0.39 is 0 Å². The van der Waals surface area contributed by atoms with Gasteiger partial charge in [0.2, 0.25) is 5.75 Å². The predicted octanol–water partition coefficient (Wildman–Crippen LogP) is 10.5. The molecule has 0 heterocycles. The van der Waals surface area contributed by atoms with Gasteiger partial charge in [0.1, 0.15) is 17.2 Å². The van der Waals surface area contributed by atoms with Gasteiger partial charge in [-0.3, -0.25) is 0 Å². The van der Waals surface area contributed by atoms with Crippen molar-refractivity contribution in [2.45, 2.75) is 0 Å². The second kappa shape index (κ2) is 9.88. The van der Waals surface area contributed by atoms with Gasteiger partial charge in [0.15, 0.2) is 11.5 Å². The fourth-order valence-electron chi connectivity index (χ4n) is 4.91. The van der Waals surface area contributed by atoms with Crippen molar-refractivity contribution in [3.63, 3.8) is 0 Å². The van der Waals surface area contributed by atoms with Crippen LogP contribution in [0.25, 0.3) is 32.3 Å². The van der Waals surface area contributed by atoms with Crippen LogP contribution in [0.4, 0.5) is 0 Å². The molecule has 7 rings (SSSR count). The summed E-state index contributed by atoms with van der Waals surface area (Å²) in [6.45, 7) is 0. The largest absolute Gasteiger partial charge is 0.453 e. The average molecular weight is 505 g/mol. The topological polar surface area (TPSA) is 27.7 Å². The molecule has 0 radical (unpaired) electrons. The van der Waals surface area contributed by atoms with Gasteiger partial charge in [0.25, 0.3) is 0 Å². The normalized spacial score (nSPS) is 11.1. The Bertz CT molecular complexity index is 1920. The van der Waals surface area contributed by atoms with Crippen LogP contribution in [-0.2, 0) is 0 Å². The van der Waals surface area contributed by atoms with E-state index in [9.17, 15) is 0 Å². The van der Waals surface area contributed by atoms with E-state index in [4.69, 9.17) is 14.2 Å². The number of rotatable bonds is 6. The Morgan fingerprint density at radius 1 is 0.308 bits per heavy atom. The second-order valence-electron chi connectivity index (χ2n) is 9.36. The minimum Gasteiger partial charge on any atom is -0.453 e. The quantitative estimate of drug-likeness (QED) is 0.211. The lowest BCUT2D eigenvalue weighted by atomic mass is 10.0. The van der Waals surface area contributed by atoms with E-state index in [1.54, 1.807) is 0 Å². The average Bonchev–Trinajstić information content (AvgIpc) is 2.99. The Kier molecular flexibility index (Phi) is 5.80.